The third-order valence-electron chi connectivity index (χ3n) is 4.52. The number of aliphatic hydroxyl groups is 1. The highest BCUT2D eigenvalue weighted by Gasteiger charge is 2.47. The zero-order chi connectivity index (χ0) is 11.1. The van der Waals surface area contributed by atoms with Crippen LogP contribution in [0.15, 0.2) is 30.3 Å². The average molecular weight is 218 g/mol. The van der Waals surface area contributed by atoms with Crippen molar-refractivity contribution in [3.63, 3.8) is 0 Å². The monoisotopic (exact) mass is 218 g/mol. The van der Waals surface area contributed by atoms with Crippen LogP contribution >= 0.6 is 0 Å². The van der Waals surface area contributed by atoms with Gasteiger partial charge >= 0.3 is 0 Å². The van der Waals surface area contributed by atoms with Crippen LogP contribution in [0.25, 0.3) is 0 Å². The van der Waals surface area contributed by atoms with Gasteiger partial charge in [-0.25, -0.2) is 0 Å². The molecule has 16 heavy (non-hydrogen) atoms. The third kappa shape index (κ3) is 1.76. The highest BCUT2D eigenvalue weighted by atomic mass is 16.3. The van der Waals surface area contributed by atoms with Crippen molar-refractivity contribution in [2.45, 2.75) is 31.4 Å². The molecule has 0 saturated carbocycles. The van der Waals surface area contributed by atoms with Crippen molar-refractivity contribution in [3.8, 4) is 0 Å². The Labute approximate surface area is 97.1 Å². The van der Waals surface area contributed by atoms with Crippen molar-refractivity contribution in [1.29, 1.82) is 0 Å². The predicted molar refractivity (Wildman–Crippen MR) is 63.8 cm³/mol. The summed E-state index contributed by atoms with van der Waals surface area (Å²) in [4.78, 5) is 0. The minimum absolute atomic E-state index is 0.309. The van der Waals surface area contributed by atoms with Gasteiger partial charge in [-0.3, -0.25) is 0 Å². The standard InChI is InChI=1S/C14H20NO/c16-14-6-9-15(10-7-14,11-8-14)12-13-4-2-1-3-5-13/h1-5,16H,6-12H2/q+1. The molecule has 0 spiro atoms. The van der Waals surface area contributed by atoms with Crippen molar-refractivity contribution in [2.75, 3.05) is 19.6 Å². The van der Waals surface area contributed by atoms with Crippen LogP contribution in [0.1, 0.15) is 24.8 Å². The summed E-state index contributed by atoms with van der Waals surface area (Å²) in [6.07, 6.45) is 3.00. The van der Waals surface area contributed by atoms with E-state index in [1.54, 1.807) is 0 Å². The summed E-state index contributed by atoms with van der Waals surface area (Å²) in [5, 5.41) is 10.2. The van der Waals surface area contributed by atoms with Crippen molar-refractivity contribution >= 4 is 0 Å². The molecule has 3 aliphatic heterocycles. The van der Waals surface area contributed by atoms with Gasteiger partial charge in [0.15, 0.2) is 0 Å². The smallest absolute Gasteiger partial charge is 0.104 e. The van der Waals surface area contributed by atoms with E-state index in [1.165, 1.54) is 10.0 Å². The molecular formula is C14H20NO+. The SMILES string of the molecule is OC12CC[N+](Cc3ccccc3)(CC1)CC2. The highest BCUT2D eigenvalue weighted by Crippen LogP contribution is 2.38. The van der Waals surface area contributed by atoms with Crippen LogP contribution in [-0.4, -0.2) is 34.8 Å². The Bertz CT molecular complexity index is 349. The Hall–Kier alpha value is -0.860. The van der Waals surface area contributed by atoms with Crippen molar-refractivity contribution < 1.29 is 9.59 Å². The van der Waals surface area contributed by atoms with E-state index in [1.807, 2.05) is 0 Å². The van der Waals surface area contributed by atoms with Crippen LogP contribution in [0.4, 0.5) is 0 Å². The van der Waals surface area contributed by atoms with E-state index in [9.17, 15) is 5.11 Å². The molecule has 3 saturated heterocycles. The fraction of sp³-hybridized carbons (Fsp3) is 0.571. The molecule has 0 radical (unpaired) electrons. The lowest BCUT2D eigenvalue weighted by atomic mass is 9.81. The van der Waals surface area contributed by atoms with Crippen LogP contribution in [0, 0.1) is 0 Å². The van der Waals surface area contributed by atoms with E-state index in [-0.39, 0.29) is 5.60 Å². The zero-order valence-electron chi connectivity index (χ0n) is 9.73. The molecule has 0 amide bonds. The fourth-order valence-corrected chi connectivity index (χ4v) is 3.25. The second-order valence-electron chi connectivity index (χ2n) is 5.63. The van der Waals surface area contributed by atoms with Crippen molar-refractivity contribution in [2.24, 2.45) is 0 Å². The molecule has 0 unspecified atom stereocenters. The third-order valence-corrected chi connectivity index (χ3v) is 4.52. The molecule has 2 heteroatoms. The van der Waals surface area contributed by atoms with Gasteiger partial charge in [-0.2, -0.15) is 0 Å². The number of piperidine rings is 3. The van der Waals surface area contributed by atoms with Crippen LogP contribution in [0.5, 0.6) is 0 Å². The molecule has 0 aromatic heterocycles. The molecule has 0 aliphatic carbocycles. The molecule has 2 bridgehead atoms. The molecule has 1 N–H and O–H groups in total. The van der Waals surface area contributed by atoms with Gasteiger partial charge in [-0.05, 0) is 0 Å². The Morgan fingerprint density at radius 1 is 1.00 bits per heavy atom. The summed E-state index contributed by atoms with van der Waals surface area (Å²) in [5.41, 5.74) is 1.13. The van der Waals surface area contributed by atoms with Gasteiger partial charge in [0.2, 0.25) is 0 Å². The van der Waals surface area contributed by atoms with Crippen molar-refractivity contribution in [1.82, 2.24) is 0 Å². The van der Waals surface area contributed by atoms with Gasteiger partial charge in [0.05, 0.1) is 25.2 Å². The predicted octanol–water partition coefficient (Wildman–Crippen LogP) is 1.93. The number of benzene rings is 1. The molecule has 3 aliphatic rings. The van der Waals surface area contributed by atoms with E-state index in [0.717, 1.165) is 45.4 Å². The molecule has 4 rings (SSSR count). The topological polar surface area (TPSA) is 20.2 Å². The molecule has 2 nitrogen and oxygen atoms in total. The van der Waals surface area contributed by atoms with Gasteiger partial charge < -0.3 is 9.59 Å². The molecule has 86 valence electrons. The Kier molecular flexibility index (Phi) is 2.30. The molecule has 3 fully saturated rings. The van der Waals surface area contributed by atoms with E-state index >= 15 is 0 Å². The fourth-order valence-electron chi connectivity index (χ4n) is 3.25. The van der Waals surface area contributed by atoms with Crippen LogP contribution in [0.3, 0.4) is 0 Å². The molecule has 1 aromatic carbocycles. The quantitative estimate of drug-likeness (QED) is 0.752. The van der Waals surface area contributed by atoms with Gasteiger partial charge in [0.25, 0.3) is 0 Å². The summed E-state index contributed by atoms with van der Waals surface area (Å²) in [6.45, 7) is 4.62. The largest absolute Gasteiger partial charge is 0.389 e. The summed E-state index contributed by atoms with van der Waals surface area (Å²) in [6, 6.07) is 10.8. The number of nitrogens with zero attached hydrogens (tertiary/aromatic N) is 1. The first kappa shape index (κ1) is 10.3. The maximum atomic E-state index is 10.2. The normalized spacial score (nSPS) is 37.6. The maximum absolute atomic E-state index is 10.2. The number of rotatable bonds is 2. The summed E-state index contributed by atoms with van der Waals surface area (Å²) in [7, 11) is 0. The van der Waals surface area contributed by atoms with E-state index in [0.29, 0.717) is 0 Å². The minimum atomic E-state index is -0.309. The maximum Gasteiger partial charge on any atom is 0.104 e. The molecule has 1 aromatic rings. The number of fused-ring (bicyclic) bond motifs is 3. The van der Waals surface area contributed by atoms with E-state index in [2.05, 4.69) is 30.3 Å². The minimum Gasteiger partial charge on any atom is -0.389 e. The molecular weight excluding hydrogens is 198 g/mol. The first-order chi connectivity index (χ1) is 7.70. The lowest BCUT2D eigenvalue weighted by molar-refractivity contribution is -0.957. The number of quaternary nitrogens is 1. The van der Waals surface area contributed by atoms with Gasteiger partial charge in [0.1, 0.15) is 6.54 Å². The average Bonchev–Trinajstić information content (AvgIpc) is 2.33. The summed E-state index contributed by atoms with van der Waals surface area (Å²) in [5.74, 6) is 0. The lowest BCUT2D eigenvalue weighted by Crippen LogP contribution is -2.63. The van der Waals surface area contributed by atoms with Gasteiger partial charge in [0, 0.05) is 24.8 Å². The first-order valence-electron chi connectivity index (χ1n) is 6.31. The summed E-state index contributed by atoms with van der Waals surface area (Å²) >= 11 is 0. The summed E-state index contributed by atoms with van der Waals surface area (Å²) < 4.78 is 1.20. The van der Waals surface area contributed by atoms with Crippen molar-refractivity contribution in [3.05, 3.63) is 35.9 Å². The van der Waals surface area contributed by atoms with Crippen LogP contribution in [0.2, 0.25) is 0 Å². The molecule has 0 atom stereocenters. The number of hydrogen-bond donors (Lipinski definition) is 1. The lowest BCUT2D eigenvalue weighted by Gasteiger charge is -2.52. The second kappa shape index (κ2) is 3.57. The first-order valence-corrected chi connectivity index (χ1v) is 6.31. The van der Waals surface area contributed by atoms with Gasteiger partial charge in [-0.1, -0.05) is 30.3 Å². The zero-order valence-corrected chi connectivity index (χ0v) is 9.73. The Balaban J connectivity index is 1.76. The molecule has 3 heterocycles. The van der Waals surface area contributed by atoms with E-state index in [4.69, 9.17) is 0 Å². The Morgan fingerprint density at radius 3 is 2.12 bits per heavy atom. The van der Waals surface area contributed by atoms with Crippen LogP contribution in [-0.2, 0) is 6.54 Å². The second-order valence-corrected chi connectivity index (χ2v) is 5.63. The number of hydrogen-bond acceptors (Lipinski definition) is 1. The van der Waals surface area contributed by atoms with E-state index < -0.39 is 0 Å². The van der Waals surface area contributed by atoms with Crippen LogP contribution < -0.4 is 0 Å². The highest BCUT2D eigenvalue weighted by molar-refractivity contribution is 5.13. The van der Waals surface area contributed by atoms with Gasteiger partial charge in [-0.15, -0.1) is 0 Å². The Morgan fingerprint density at radius 2 is 1.56 bits per heavy atom.